The van der Waals surface area contributed by atoms with Gasteiger partial charge in [-0.05, 0) is 67.7 Å². The number of aromatic nitrogens is 1. The van der Waals surface area contributed by atoms with Crippen molar-refractivity contribution in [3.8, 4) is 33.7 Å². The molecule has 0 fully saturated rings. The average molecular weight is 496 g/mol. The van der Waals surface area contributed by atoms with Crippen LogP contribution in [0.25, 0.3) is 87.9 Å². The van der Waals surface area contributed by atoms with Crippen molar-refractivity contribution in [2.45, 2.75) is 0 Å². The lowest BCUT2D eigenvalue weighted by molar-refractivity contribution is 0.622. The van der Waals surface area contributed by atoms with Crippen LogP contribution >= 0.6 is 0 Å². The Kier molecular flexibility index (Phi) is 4.08. The van der Waals surface area contributed by atoms with Crippen molar-refractivity contribution in [3.05, 3.63) is 127 Å². The van der Waals surface area contributed by atoms with Gasteiger partial charge in [0.2, 0.25) is 0 Å². The summed E-state index contributed by atoms with van der Waals surface area (Å²) in [7, 11) is 0. The van der Waals surface area contributed by atoms with Gasteiger partial charge in [0, 0.05) is 16.3 Å². The van der Waals surface area contributed by atoms with Crippen molar-refractivity contribution in [1.82, 2.24) is 4.98 Å². The molecular weight excluding hydrogens is 474 g/mol. The van der Waals surface area contributed by atoms with Crippen LogP contribution in [0.3, 0.4) is 0 Å². The Morgan fingerprint density at radius 2 is 1.18 bits per heavy atom. The maximum atomic E-state index is 6.66. The van der Waals surface area contributed by atoms with E-state index in [1.54, 1.807) is 0 Å². The first kappa shape index (κ1) is 20.8. The van der Waals surface area contributed by atoms with Crippen molar-refractivity contribution in [3.63, 3.8) is 0 Å². The molecule has 0 bridgehead atoms. The van der Waals surface area contributed by atoms with Crippen LogP contribution in [0.1, 0.15) is 0 Å². The van der Waals surface area contributed by atoms with E-state index in [1.807, 2.05) is 24.3 Å². The highest BCUT2D eigenvalue weighted by Gasteiger charge is 2.23. The van der Waals surface area contributed by atoms with Gasteiger partial charge < -0.3 is 4.42 Å². The number of benzene rings is 7. The molecule has 0 aromatic heterocycles. The molecule has 7 aromatic carbocycles. The zero-order chi connectivity index (χ0) is 25.5. The summed E-state index contributed by atoms with van der Waals surface area (Å²) in [6, 6.07) is 45.3. The first-order valence-electron chi connectivity index (χ1n) is 13.3. The van der Waals surface area contributed by atoms with E-state index >= 15 is 0 Å². The van der Waals surface area contributed by atoms with Crippen LogP contribution in [0, 0.1) is 0 Å². The number of rotatable bonds is 2. The third kappa shape index (κ3) is 2.89. The Morgan fingerprint density at radius 1 is 0.487 bits per heavy atom. The van der Waals surface area contributed by atoms with E-state index in [0.717, 1.165) is 44.5 Å². The predicted octanol–water partition coefficient (Wildman–Crippen LogP) is 10.3. The Morgan fingerprint density at radius 3 is 2.08 bits per heavy atom. The minimum absolute atomic E-state index is 0.843. The van der Waals surface area contributed by atoms with Gasteiger partial charge >= 0.3 is 0 Å². The van der Waals surface area contributed by atoms with E-state index in [-0.39, 0.29) is 0 Å². The largest absolute Gasteiger partial charge is 0.455 e. The Hall–Kier alpha value is -5.21. The fourth-order valence-electron chi connectivity index (χ4n) is 6.44. The molecule has 2 aliphatic heterocycles. The van der Waals surface area contributed by atoms with Gasteiger partial charge in [0.15, 0.2) is 0 Å². The molecule has 7 aromatic rings. The van der Waals surface area contributed by atoms with Crippen LogP contribution in [-0.2, 0) is 0 Å². The zero-order valence-electron chi connectivity index (χ0n) is 21.0. The van der Waals surface area contributed by atoms with E-state index in [0.29, 0.717) is 0 Å². The maximum Gasteiger partial charge on any atom is 0.144 e. The molecule has 180 valence electrons. The quantitative estimate of drug-likeness (QED) is 0.223. The Bertz CT molecular complexity index is 2330. The van der Waals surface area contributed by atoms with Crippen LogP contribution in [0.2, 0.25) is 0 Å². The first-order chi connectivity index (χ1) is 19.3. The van der Waals surface area contributed by atoms with Crippen LogP contribution in [-0.4, -0.2) is 4.98 Å². The molecule has 0 saturated carbocycles. The van der Waals surface area contributed by atoms with Crippen LogP contribution in [0.5, 0.6) is 0 Å². The van der Waals surface area contributed by atoms with Crippen molar-refractivity contribution >= 4 is 54.2 Å². The average Bonchev–Trinajstić information content (AvgIpc) is 3.40. The first-order valence-corrected chi connectivity index (χ1v) is 13.3. The topological polar surface area (TPSA) is 26.0 Å². The summed E-state index contributed by atoms with van der Waals surface area (Å²) in [6.07, 6.45) is 0. The smallest absolute Gasteiger partial charge is 0.144 e. The third-order valence-corrected chi connectivity index (χ3v) is 8.19. The monoisotopic (exact) mass is 495 g/mol. The number of fused-ring (bicyclic) bond motifs is 5. The van der Waals surface area contributed by atoms with Crippen LogP contribution < -0.4 is 0 Å². The summed E-state index contributed by atoms with van der Waals surface area (Å²) in [6.45, 7) is 0. The van der Waals surface area contributed by atoms with Gasteiger partial charge in [0.1, 0.15) is 11.3 Å². The van der Waals surface area contributed by atoms with Gasteiger partial charge in [-0.15, -0.1) is 0 Å². The lowest BCUT2D eigenvalue weighted by Crippen LogP contribution is -1.90. The standard InChI is InChI=1S/C37H21NO/c1-3-13-31-29(11-1)35-36(38-31)30-12-2-4-14-32(30)39-37(35)26-10-6-9-25(21-26)27-19-17-24-16-15-22-7-5-8-23-18-20-28(27)34(24)33(22)23/h1-21H. The molecule has 2 aliphatic rings. The van der Waals surface area contributed by atoms with E-state index in [9.17, 15) is 0 Å². The number of hydrogen-bond donors (Lipinski definition) is 0. The minimum atomic E-state index is 0.843. The second-order valence-corrected chi connectivity index (χ2v) is 10.3. The predicted molar refractivity (Wildman–Crippen MR) is 163 cm³/mol. The molecule has 39 heavy (non-hydrogen) atoms. The van der Waals surface area contributed by atoms with Crippen molar-refractivity contribution in [1.29, 1.82) is 0 Å². The molecule has 0 atom stereocenters. The van der Waals surface area contributed by atoms with Crippen molar-refractivity contribution < 1.29 is 4.42 Å². The molecule has 0 N–H and O–H groups in total. The fourth-order valence-corrected chi connectivity index (χ4v) is 6.44. The normalized spacial score (nSPS) is 12.1. The molecule has 0 aliphatic carbocycles. The highest BCUT2D eigenvalue weighted by atomic mass is 16.3. The van der Waals surface area contributed by atoms with E-state index in [2.05, 4.69) is 103 Å². The number of hydrogen-bond acceptors (Lipinski definition) is 2. The molecule has 2 nitrogen and oxygen atoms in total. The SMILES string of the molecule is c1cc(-c2oc3ccccc3c3nc4ccccc4c2-3)cc(-c2ccc3ccc4cccc5ccc2c3c45)c1. The van der Waals surface area contributed by atoms with E-state index < -0.39 is 0 Å². The fraction of sp³-hybridized carbons (Fsp3) is 0. The van der Waals surface area contributed by atoms with Gasteiger partial charge in [-0.2, -0.15) is 0 Å². The molecule has 0 saturated heterocycles. The molecule has 2 heterocycles. The van der Waals surface area contributed by atoms with E-state index in [4.69, 9.17) is 9.40 Å². The molecule has 0 spiro atoms. The van der Waals surface area contributed by atoms with Crippen molar-refractivity contribution in [2.75, 3.05) is 0 Å². The molecule has 9 rings (SSSR count). The number of para-hydroxylation sites is 2. The molecular formula is C37H21NO. The minimum Gasteiger partial charge on any atom is -0.455 e. The second kappa shape index (κ2) is 7.66. The Balaban J connectivity index is 1.33. The van der Waals surface area contributed by atoms with Gasteiger partial charge in [-0.25, -0.2) is 4.98 Å². The molecule has 0 unspecified atom stereocenters. The summed E-state index contributed by atoms with van der Waals surface area (Å²) < 4.78 is 6.66. The summed E-state index contributed by atoms with van der Waals surface area (Å²) in [5.74, 6) is 0.858. The van der Waals surface area contributed by atoms with Gasteiger partial charge in [-0.3, -0.25) is 0 Å². The molecule has 2 heteroatoms. The third-order valence-electron chi connectivity index (χ3n) is 8.19. The maximum absolute atomic E-state index is 6.66. The van der Waals surface area contributed by atoms with Gasteiger partial charge in [-0.1, -0.05) is 103 Å². The van der Waals surface area contributed by atoms with E-state index in [1.165, 1.54) is 43.4 Å². The highest BCUT2D eigenvalue weighted by molar-refractivity contribution is 6.25. The summed E-state index contributed by atoms with van der Waals surface area (Å²) in [5.41, 5.74) is 7.33. The lowest BCUT2D eigenvalue weighted by atomic mass is 9.89. The Labute approximate surface area is 224 Å². The molecule has 0 amide bonds. The van der Waals surface area contributed by atoms with Crippen LogP contribution in [0.15, 0.2) is 132 Å². The lowest BCUT2D eigenvalue weighted by Gasteiger charge is -2.15. The highest BCUT2D eigenvalue weighted by Crippen LogP contribution is 2.45. The zero-order valence-corrected chi connectivity index (χ0v) is 21.0. The summed E-state index contributed by atoms with van der Waals surface area (Å²) in [4.78, 5) is 5.04. The summed E-state index contributed by atoms with van der Waals surface area (Å²) in [5, 5.41) is 9.93. The van der Waals surface area contributed by atoms with Crippen molar-refractivity contribution in [2.24, 2.45) is 0 Å². The number of nitrogens with zero attached hydrogens (tertiary/aromatic N) is 1. The van der Waals surface area contributed by atoms with Crippen LogP contribution in [0.4, 0.5) is 0 Å². The van der Waals surface area contributed by atoms with Gasteiger partial charge in [0.05, 0.1) is 16.8 Å². The van der Waals surface area contributed by atoms with Gasteiger partial charge in [0.25, 0.3) is 0 Å². The molecule has 0 radical (unpaired) electrons. The second-order valence-electron chi connectivity index (χ2n) is 10.3. The summed E-state index contributed by atoms with van der Waals surface area (Å²) >= 11 is 0.